The monoisotopic (exact) mass is 270 g/mol. The van der Waals surface area contributed by atoms with Gasteiger partial charge in [-0.1, -0.05) is 0 Å². The molecule has 1 atom stereocenters. The highest BCUT2D eigenvalue weighted by atomic mass is 79.9. The Bertz CT molecular complexity index is 437. The van der Waals surface area contributed by atoms with Gasteiger partial charge in [-0.2, -0.15) is 0 Å². The van der Waals surface area contributed by atoms with Crippen molar-refractivity contribution < 1.29 is 15.0 Å². The van der Waals surface area contributed by atoms with E-state index in [0.717, 1.165) is 10.7 Å². The summed E-state index contributed by atoms with van der Waals surface area (Å²) in [5, 5.41) is 18.5. The fraction of sp³-hybridized carbons (Fsp3) is 0.111. The predicted octanol–water partition coefficient (Wildman–Crippen LogP) is 0.793. The van der Waals surface area contributed by atoms with Gasteiger partial charge in [0, 0.05) is 16.9 Å². The maximum atomic E-state index is 10.7. The molecule has 78 valence electrons. The van der Waals surface area contributed by atoms with E-state index in [9.17, 15) is 9.90 Å². The highest BCUT2D eigenvalue weighted by Crippen LogP contribution is 2.23. The summed E-state index contributed by atoms with van der Waals surface area (Å²) in [6.07, 6.45) is 4.99. The maximum Gasteiger partial charge on any atom is 0.337 e. The van der Waals surface area contributed by atoms with Gasteiger partial charge in [0.05, 0.1) is 0 Å². The molecular weight excluding hydrogens is 264 g/mol. The Morgan fingerprint density at radius 3 is 2.93 bits per heavy atom. The number of carboxylic acids is 1. The quantitative estimate of drug-likeness (QED) is 0.739. The largest absolute Gasteiger partial charge is 0.478 e. The Kier molecular flexibility index (Phi) is 2.45. The lowest BCUT2D eigenvalue weighted by Crippen LogP contribution is -2.41. The molecule has 0 saturated carbocycles. The van der Waals surface area contributed by atoms with E-state index in [1.54, 1.807) is 18.4 Å². The first-order valence-electron chi connectivity index (χ1n) is 4.12. The van der Waals surface area contributed by atoms with Crippen molar-refractivity contribution in [3.05, 3.63) is 34.6 Å². The number of carbonyl (C=O) groups is 1. The average molecular weight is 271 g/mol. The van der Waals surface area contributed by atoms with Crippen LogP contribution in [-0.2, 0) is 4.79 Å². The first kappa shape index (κ1) is 10.1. The molecule has 0 aliphatic carbocycles. The molecule has 0 bridgehead atoms. The second kappa shape index (κ2) is 3.63. The molecule has 2 aliphatic heterocycles. The summed E-state index contributed by atoms with van der Waals surface area (Å²) in [5.41, 5.74) is -0.148. The van der Waals surface area contributed by atoms with E-state index in [1.807, 2.05) is 0 Å². The van der Waals surface area contributed by atoms with Gasteiger partial charge >= 0.3 is 5.97 Å². The Labute approximate surface area is 93.9 Å². The number of fused-ring (bicyclic) bond motifs is 1. The van der Waals surface area contributed by atoms with Gasteiger partial charge in [0.1, 0.15) is 11.4 Å². The lowest BCUT2D eigenvalue weighted by atomic mass is 10.2. The van der Waals surface area contributed by atoms with Crippen LogP contribution in [0.15, 0.2) is 39.6 Å². The lowest BCUT2D eigenvalue weighted by molar-refractivity contribution is -0.134. The summed E-state index contributed by atoms with van der Waals surface area (Å²) in [5.74, 6) is -0.667. The van der Waals surface area contributed by atoms with E-state index < -0.39 is 12.2 Å². The summed E-state index contributed by atoms with van der Waals surface area (Å²) in [7, 11) is 0. The molecule has 0 amide bonds. The molecule has 5 nitrogen and oxygen atoms in total. The number of allylic oxidation sites excluding steroid dienone is 2. The molecule has 0 saturated heterocycles. The second-order valence-electron chi connectivity index (χ2n) is 3.01. The fourth-order valence-electron chi connectivity index (χ4n) is 1.31. The standard InChI is InChI=1S/C9H7BrN2O3/c10-5-1-2-7-11-3-6(9(14)15)8(13)12(7)4-5/h1-4,8,13H,(H,14,15)/t8-/m1/s1. The van der Waals surface area contributed by atoms with Crippen LogP contribution in [-0.4, -0.2) is 33.1 Å². The highest BCUT2D eigenvalue weighted by Gasteiger charge is 2.29. The zero-order valence-electron chi connectivity index (χ0n) is 7.46. The van der Waals surface area contributed by atoms with Crippen molar-refractivity contribution in [3.63, 3.8) is 0 Å². The summed E-state index contributed by atoms with van der Waals surface area (Å²) in [4.78, 5) is 16.1. The molecule has 0 spiro atoms. The Morgan fingerprint density at radius 2 is 2.27 bits per heavy atom. The molecule has 0 radical (unpaired) electrons. The van der Waals surface area contributed by atoms with Gasteiger partial charge < -0.3 is 15.1 Å². The van der Waals surface area contributed by atoms with Crippen molar-refractivity contribution >= 4 is 27.7 Å². The number of halogens is 1. The van der Waals surface area contributed by atoms with Gasteiger partial charge in [-0.25, -0.2) is 9.79 Å². The summed E-state index contributed by atoms with van der Waals surface area (Å²) >= 11 is 3.23. The molecule has 15 heavy (non-hydrogen) atoms. The van der Waals surface area contributed by atoms with Gasteiger partial charge in [0.2, 0.25) is 0 Å². The number of amidine groups is 1. The molecule has 6 heteroatoms. The van der Waals surface area contributed by atoms with Crippen LogP contribution in [0, 0.1) is 0 Å². The summed E-state index contributed by atoms with van der Waals surface area (Å²) in [6, 6.07) is 0. The Balaban J connectivity index is 2.40. The van der Waals surface area contributed by atoms with Gasteiger partial charge in [0.25, 0.3) is 0 Å². The van der Waals surface area contributed by atoms with E-state index >= 15 is 0 Å². The van der Waals surface area contributed by atoms with Crippen molar-refractivity contribution in [2.45, 2.75) is 6.23 Å². The van der Waals surface area contributed by atoms with Crippen molar-refractivity contribution in [1.82, 2.24) is 4.90 Å². The van der Waals surface area contributed by atoms with Crippen LogP contribution in [0.4, 0.5) is 0 Å². The van der Waals surface area contributed by atoms with Crippen LogP contribution in [0.3, 0.4) is 0 Å². The Hall–Kier alpha value is -1.40. The van der Waals surface area contributed by atoms with Crippen LogP contribution in [0.2, 0.25) is 0 Å². The fourth-order valence-corrected chi connectivity index (χ4v) is 1.66. The third-order valence-corrected chi connectivity index (χ3v) is 2.51. The maximum absolute atomic E-state index is 10.7. The molecule has 2 N–H and O–H groups in total. The zero-order valence-corrected chi connectivity index (χ0v) is 9.05. The van der Waals surface area contributed by atoms with Crippen LogP contribution in [0.1, 0.15) is 0 Å². The molecular formula is C9H7BrN2O3. The predicted molar refractivity (Wildman–Crippen MR) is 57.1 cm³/mol. The lowest BCUT2D eigenvalue weighted by Gasteiger charge is -2.30. The number of aliphatic imine (C=N–C) groups is 1. The van der Waals surface area contributed by atoms with Crippen molar-refractivity contribution in [2.24, 2.45) is 4.99 Å². The van der Waals surface area contributed by atoms with Gasteiger partial charge in [-0.05, 0) is 28.1 Å². The number of nitrogens with zero attached hydrogens (tertiary/aromatic N) is 2. The number of aliphatic hydroxyl groups is 1. The third kappa shape index (κ3) is 1.73. The third-order valence-electron chi connectivity index (χ3n) is 2.04. The number of aliphatic hydroxyl groups excluding tert-OH is 1. The first-order chi connectivity index (χ1) is 7.09. The van der Waals surface area contributed by atoms with E-state index in [-0.39, 0.29) is 5.57 Å². The molecule has 0 fully saturated rings. The minimum absolute atomic E-state index is 0.148. The summed E-state index contributed by atoms with van der Waals surface area (Å²) < 4.78 is 0.743. The number of hydrogen-bond donors (Lipinski definition) is 2. The van der Waals surface area contributed by atoms with Gasteiger partial charge in [-0.3, -0.25) is 0 Å². The van der Waals surface area contributed by atoms with Crippen molar-refractivity contribution in [2.75, 3.05) is 0 Å². The van der Waals surface area contributed by atoms with E-state index in [0.29, 0.717) is 5.84 Å². The molecule has 0 aromatic heterocycles. The smallest absolute Gasteiger partial charge is 0.337 e. The number of aliphatic carboxylic acids is 1. The van der Waals surface area contributed by atoms with E-state index in [2.05, 4.69) is 20.9 Å². The molecule has 0 unspecified atom stereocenters. The Morgan fingerprint density at radius 1 is 1.53 bits per heavy atom. The zero-order chi connectivity index (χ0) is 11.0. The van der Waals surface area contributed by atoms with Crippen LogP contribution in [0.5, 0.6) is 0 Å². The van der Waals surface area contributed by atoms with Crippen molar-refractivity contribution in [3.8, 4) is 0 Å². The number of hydrogen-bond acceptors (Lipinski definition) is 4. The number of carboxylic acid groups (broad SMARTS) is 1. The molecule has 0 aromatic rings. The molecule has 2 rings (SSSR count). The topological polar surface area (TPSA) is 73.1 Å². The van der Waals surface area contributed by atoms with E-state index in [1.165, 1.54) is 4.90 Å². The minimum atomic E-state index is -1.20. The molecule has 2 aliphatic rings. The van der Waals surface area contributed by atoms with Crippen LogP contribution in [0.25, 0.3) is 0 Å². The SMILES string of the molecule is O=C(O)C1=CN=C2C=CC(Br)=CN2[C@@H]1O. The minimum Gasteiger partial charge on any atom is -0.478 e. The average Bonchev–Trinajstić information content (AvgIpc) is 2.19. The van der Waals surface area contributed by atoms with Crippen LogP contribution >= 0.6 is 15.9 Å². The number of rotatable bonds is 1. The normalized spacial score (nSPS) is 24.0. The molecule has 0 aromatic carbocycles. The first-order valence-corrected chi connectivity index (χ1v) is 4.92. The second-order valence-corrected chi connectivity index (χ2v) is 3.92. The summed E-state index contributed by atoms with van der Waals surface area (Å²) in [6.45, 7) is 0. The van der Waals surface area contributed by atoms with Crippen molar-refractivity contribution in [1.29, 1.82) is 0 Å². The highest BCUT2D eigenvalue weighted by molar-refractivity contribution is 9.11. The van der Waals surface area contributed by atoms with Crippen LogP contribution < -0.4 is 0 Å². The van der Waals surface area contributed by atoms with Gasteiger partial charge in [0.15, 0.2) is 6.23 Å². The molecule has 2 heterocycles. The van der Waals surface area contributed by atoms with Gasteiger partial charge in [-0.15, -0.1) is 0 Å². The van der Waals surface area contributed by atoms with E-state index in [4.69, 9.17) is 5.11 Å².